The van der Waals surface area contributed by atoms with Gasteiger partial charge >= 0.3 is 0 Å². The standard InChI is InChI=1S/C22H22ClN3O3S/c23-17-6-3-15(4-7-17)12-24-20(27)13-26-18-11-16(22(29)25-9-1-2-10-25)5-8-19(18)30-14-21(26)28/h3-8,11H,1-2,9-10,12-14H2,(H,24,27). The zero-order valence-electron chi connectivity index (χ0n) is 16.4. The van der Waals surface area contributed by atoms with Crippen molar-refractivity contribution in [2.75, 3.05) is 30.3 Å². The lowest BCUT2D eigenvalue weighted by atomic mass is 10.1. The summed E-state index contributed by atoms with van der Waals surface area (Å²) in [5, 5.41) is 3.48. The fourth-order valence-electron chi connectivity index (χ4n) is 3.61. The molecule has 0 radical (unpaired) electrons. The van der Waals surface area contributed by atoms with Gasteiger partial charge in [-0.3, -0.25) is 14.4 Å². The van der Waals surface area contributed by atoms with Crippen molar-refractivity contribution in [3.63, 3.8) is 0 Å². The van der Waals surface area contributed by atoms with Crippen LogP contribution < -0.4 is 10.2 Å². The molecule has 0 aliphatic carbocycles. The lowest BCUT2D eigenvalue weighted by Gasteiger charge is -2.29. The molecule has 1 N–H and O–H groups in total. The highest BCUT2D eigenvalue weighted by Gasteiger charge is 2.28. The van der Waals surface area contributed by atoms with Crippen LogP contribution in [-0.4, -0.2) is 48.0 Å². The van der Waals surface area contributed by atoms with Crippen molar-refractivity contribution in [1.29, 1.82) is 0 Å². The van der Waals surface area contributed by atoms with Gasteiger partial charge in [-0.2, -0.15) is 0 Å². The smallest absolute Gasteiger partial charge is 0.253 e. The fraction of sp³-hybridized carbons (Fsp3) is 0.318. The Hall–Kier alpha value is -2.51. The molecule has 2 heterocycles. The summed E-state index contributed by atoms with van der Waals surface area (Å²) in [5.74, 6) is -0.144. The molecule has 0 atom stereocenters. The van der Waals surface area contributed by atoms with E-state index in [1.807, 2.05) is 23.1 Å². The third-order valence-corrected chi connectivity index (χ3v) is 6.55. The third-order valence-electron chi connectivity index (χ3n) is 5.25. The predicted molar refractivity (Wildman–Crippen MR) is 118 cm³/mol. The molecule has 2 aliphatic heterocycles. The molecule has 0 bridgehead atoms. The van der Waals surface area contributed by atoms with Gasteiger partial charge in [0.25, 0.3) is 5.91 Å². The molecule has 1 fully saturated rings. The van der Waals surface area contributed by atoms with Crippen LogP contribution in [0.1, 0.15) is 28.8 Å². The van der Waals surface area contributed by atoms with Crippen molar-refractivity contribution in [2.24, 2.45) is 0 Å². The van der Waals surface area contributed by atoms with Gasteiger partial charge in [0.15, 0.2) is 0 Å². The van der Waals surface area contributed by atoms with Crippen LogP contribution in [0.3, 0.4) is 0 Å². The third kappa shape index (κ3) is 4.63. The molecule has 0 unspecified atom stereocenters. The number of benzene rings is 2. The summed E-state index contributed by atoms with van der Waals surface area (Å²) >= 11 is 7.31. The first kappa shape index (κ1) is 20.8. The molecule has 0 saturated carbocycles. The van der Waals surface area contributed by atoms with Crippen LogP contribution in [0.2, 0.25) is 5.02 Å². The minimum Gasteiger partial charge on any atom is -0.350 e. The van der Waals surface area contributed by atoms with Gasteiger partial charge in [-0.05, 0) is 48.7 Å². The lowest BCUT2D eigenvalue weighted by molar-refractivity contribution is -0.123. The van der Waals surface area contributed by atoms with E-state index in [0.29, 0.717) is 22.8 Å². The van der Waals surface area contributed by atoms with Crippen LogP contribution in [0.15, 0.2) is 47.4 Å². The largest absolute Gasteiger partial charge is 0.350 e. The molecule has 2 aliphatic rings. The number of fused-ring (bicyclic) bond motifs is 1. The quantitative estimate of drug-likeness (QED) is 0.769. The molecular formula is C22H22ClN3O3S. The number of nitrogens with one attached hydrogen (secondary N) is 1. The molecule has 4 rings (SSSR count). The summed E-state index contributed by atoms with van der Waals surface area (Å²) in [4.78, 5) is 42.0. The Morgan fingerprint density at radius 3 is 2.53 bits per heavy atom. The number of hydrogen-bond acceptors (Lipinski definition) is 4. The van der Waals surface area contributed by atoms with E-state index in [9.17, 15) is 14.4 Å². The van der Waals surface area contributed by atoms with Crippen LogP contribution in [0.5, 0.6) is 0 Å². The van der Waals surface area contributed by atoms with Crippen LogP contribution in [0.25, 0.3) is 0 Å². The van der Waals surface area contributed by atoms with Crippen LogP contribution in [-0.2, 0) is 16.1 Å². The van der Waals surface area contributed by atoms with Crippen molar-refractivity contribution in [3.8, 4) is 0 Å². The summed E-state index contributed by atoms with van der Waals surface area (Å²) in [6.07, 6.45) is 2.04. The second kappa shape index (κ2) is 9.10. The zero-order valence-corrected chi connectivity index (χ0v) is 18.0. The number of anilines is 1. The van der Waals surface area contributed by atoms with E-state index in [0.717, 1.165) is 36.4 Å². The second-order valence-corrected chi connectivity index (χ2v) is 8.81. The van der Waals surface area contributed by atoms with E-state index in [4.69, 9.17) is 11.6 Å². The first-order valence-corrected chi connectivity index (χ1v) is 11.3. The van der Waals surface area contributed by atoms with E-state index in [2.05, 4.69) is 5.32 Å². The zero-order chi connectivity index (χ0) is 21.1. The summed E-state index contributed by atoms with van der Waals surface area (Å²) in [6.45, 7) is 1.80. The Bertz CT molecular complexity index is 974. The summed E-state index contributed by atoms with van der Waals surface area (Å²) < 4.78 is 0. The molecule has 156 valence electrons. The Labute approximate surface area is 184 Å². The molecule has 8 heteroatoms. The maximum atomic E-state index is 12.8. The summed E-state index contributed by atoms with van der Waals surface area (Å²) in [6, 6.07) is 12.6. The number of nitrogens with zero attached hydrogens (tertiary/aromatic N) is 2. The molecule has 2 aromatic carbocycles. The van der Waals surface area contributed by atoms with E-state index in [-0.39, 0.29) is 30.0 Å². The van der Waals surface area contributed by atoms with Gasteiger partial charge in [0.05, 0.1) is 11.4 Å². The number of rotatable bonds is 5. The highest BCUT2D eigenvalue weighted by Crippen LogP contribution is 2.36. The maximum absolute atomic E-state index is 12.8. The minimum absolute atomic E-state index is 0.0227. The highest BCUT2D eigenvalue weighted by atomic mass is 35.5. The monoisotopic (exact) mass is 443 g/mol. The normalized spacial score (nSPS) is 15.8. The van der Waals surface area contributed by atoms with Gasteiger partial charge in [0.1, 0.15) is 6.54 Å². The van der Waals surface area contributed by atoms with Crippen LogP contribution in [0, 0.1) is 0 Å². The highest BCUT2D eigenvalue weighted by molar-refractivity contribution is 8.00. The number of amides is 3. The summed E-state index contributed by atoms with van der Waals surface area (Å²) in [5.41, 5.74) is 2.10. The molecule has 1 saturated heterocycles. The molecule has 6 nitrogen and oxygen atoms in total. The molecule has 30 heavy (non-hydrogen) atoms. The van der Waals surface area contributed by atoms with E-state index < -0.39 is 0 Å². The molecule has 0 aromatic heterocycles. The van der Waals surface area contributed by atoms with Crippen LogP contribution >= 0.6 is 23.4 Å². The van der Waals surface area contributed by atoms with Gasteiger partial charge in [0, 0.05) is 35.1 Å². The van der Waals surface area contributed by atoms with Crippen molar-refractivity contribution < 1.29 is 14.4 Å². The van der Waals surface area contributed by atoms with E-state index in [1.165, 1.54) is 16.7 Å². The topological polar surface area (TPSA) is 69.7 Å². The number of halogens is 1. The van der Waals surface area contributed by atoms with Crippen LogP contribution in [0.4, 0.5) is 5.69 Å². The number of thioether (sulfide) groups is 1. The van der Waals surface area contributed by atoms with Crippen molar-refractivity contribution in [2.45, 2.75) is 24.3 Å². The van der Waals surface area contributed by atoms with Gasteiger partial charge in [-0.1, -0.05) is 23.7 Å². The first-order chi connectivity index (χ1) is 14.5. The first-order valence-electron chi connectivity index (χ1n) is 9.89. The number of carbonyl (C=O) groups excluding carboxylic acids is 3. The Kier molecular flexibility index (Phi) is 6.29. The molecule has 2 aromatic rings. The van der Waals surface area contributed by atoms with Gasteiger partial charge in [-0.15, -0.1) is 11.8 Å². The second-order valence-electron chi connectivity index (χ2n) is 7.35. The lowest BCUT2D eigenvalue weighted by Crippen LogP contribution is -2.43. The molecular weight excluding hydrogens is 422 g/mol. The SMILES string of the molecule is O=C(CN1C(=O)CSc2ccc(C(=O)N3CCCC3)cc21)NCc1ccc(Cl)cc1. The van der Waals surface area contributed by atoms with Crippen molar-refractivity contribution in [1.82, 2.24) is 10.2 Å². The molecule has 3 amide bonds. The molecule has 0 spiro atoms. The van der Waals surface area contributed by atoms with E-state index in [1.54, 1.807) is 24.3 Å². The Morgan fingerprint density at radius 1 is 1.07 bits per heavy atom. The van der Waals surface area contributed by atoms with Crippen molar-refractivity contribution >= 4 is 46.8 Å². The average Bonchev–Trinajstić information content (AvgIpc) is 3.29. The summed E-state index contributed by atoms with van der Waals surface area (Å²) in [7, 11) is 0. The van der Waals surface area contributed by atoms with Gasteiger partial charge in [-0.25, -0.2) is 0 Å². The van der Waals surface area contributed by atoms with Crippen molar-refractivity contribution in [3.05, 3.63) is 58.6 Å². The number of carbonyl (C=O) groups is 3. The Morgan fingerprint density at radius 2 is 1.80 bits per heavy atom. The predicted octanol–water partition coefficient (Wildman–Crippen LogP) is 3.33. The Balaban J connectivity index is 1.47. The maximum Gasteiger partial charge on any atom is 0.253 e. The number of hydrogen-bond donors (Lipinski definition) is 1. The fourth-order valence-corrected chi connectivity index (χ4v) is 4.66. The average molecular weight is 444 g/mol. The van der Waals surface area contributed by atoms with Gasteiger partial charge < -0.3 is 15.1 Å². The minimum atomic E-state index is -0.257. The number of likely N-dealkylation sites (tertiary alicyclic amines) is 1. The van der Waals surface area contributed by atoms with Gasteiger partial charge in [0.2, 0.25) is 11.8 Å². The van der Waals surface area contributed by atoms with E-state index >= 15 is 0 Å².